The minimum absolute atomic E-state index is 0.200. The van der Waals surface area contributed by atoms with Crippen molar-refractivity contribution >= 4 is 28.3 Å². The van der Waals surface area contributed by atoms with Gasteiger partial charge in [0.25, 0.3) is 5.95 Å². The SMILES string of the molecule is COc1ccc2c(c1)c(C(=O)c1cn(-c3ncccn3)nn1)cn2Cc1ccc(Cl)cc1. The van der Waals surface area contributed by atoms with Crippen LogP contribution in [0.4, 0.5) is 0 Å². The Morgan fingerprint density at radius 1 is 1.06 bits per heavy atom. The number of nitrogens with zero attached hydrogens (tertiary/aromatic N) is 6. The standard InChI is InChI=1S/C23H17ClN6O2/c1-32-17-7-8-21-18(11-17)19(13-29(21)12-15-3-5-16(24)6-4-15)22(31)20-14-30(28-27-20)23-25-9-2-10-26-23/h2-11,13-14H,12H2,1H3. The van der Waals surface area contributed by atoms with Crippen LogP contribution in [0.2, 0.25) is 5.02 Å². The van der Waals surface area contributed by atoms with Crippen molar-refractivity contribution in [1.29, 1.82) is 0 Å². The molecular weight excluding hydrogens is 428 g/mol. The summed E-state index contributed by atoms with van der Waals surface area (Å²) in [5.41, 5.74) is 2.68. The van der Waals surface area contributed by atoms with Gasteiger partial charge >= 0.3 is 0 Å². The summed E-state index contributed by atoms with van der Waals surface area (Å²) < 4.78 is 8.78. The lowest BCUT2D eigenvalue weighted by atomic mass is 10.1. The fourth-order valence-electron chi connectivity index (χ4n) is 3.51. The van der Waals surface area contributed by atoms with Gasteiger partial charge in [0, 0.05) is 46.6 Å². The number of methoxy groups -OCH3 is 1. The molecule has 0 atom stereocenters. The molecule has 0 aliphatic carbocycles. The summed E-state index contributed by atoms with van der Waals surface area (Å²) in [6.07, 6.45) is 6.56. The molecular formula is C23H17ClN6O2. The van der Waals surface area contributed by atoms with Gasteiger partial charge in [0.15, 0.2) is 5.69 Å². The molecule has 32 heavy (non-hydrogen) atoms. The van der Waals surface area contributed by atoms with Crippen molar-refractivity contribution in [2.24, 2.45) is 0 Å². The minimum atomic E-state index is -0.250. The smallest absolute Gasteiger partial charge is 0.251 e. The van der Waals surface area contributed by atoms with Crippen molar-refractivity contribution in [3.63, 3.8) is 0 Å². The van der Waals surface area contributed by atoms with Crippen molar-refractivity contribution in [2.45, 2.75) is 6.54 Å². The quantitative estimate of drug-likeness (QED) is 0.368. The van der Waals surface area contributed by atoms with Crippen molar-refractivity contribution < 1.29 is 9.53 Å². The maximum absolute atomic E-state index is 13.4. The molecule has 9 heteroatoms. The molecule has 0 aliphatic heterocycles. The van der Waals surface area contributed by atoms with Crippen LogP contribution in [-0.4, -0.2) is 42.4 Å². The van der Waals surface area contributed by atoms with Crippen molar-refractivity contribution in [3.8, 4) is 11.7 Å². The number of carbonyl (C=O) groups excluding carboxylic acids is 1. The molecule has 5 rings (SSSR count). The Bertz CT molecular complexity index is 1410. The Hall–Kier alpha value is -4.04. The summed E-state index contributed by atoms with van der Waals surface area (Å²) in [7, 11) is 1.60. The highest BCUT2D eigenvalue weighted by Crippen LogP contribution is 2.28. The molecule has 158 valence electrons. The fourth-order valence-corrected chi connectivity index (χ4v) is 3.64. The Kier molecular flexibility index (Phi) is 5.12. The Balaban J connectivity index is 1.56. The van der Waals surface area contributed by atoms with E-state index >= 15 is 0 Å². The summed E-state index contributed by atoms with van der Waals surface area (Å²) in [6, 6.07) is 15.0. The van der Waals surface area contributed by atoms with E-state index in [4.69, 9.17) is 16.3 Å². The summed E-state index contributed by atoms with van der Waals surface area (Å²) in [5, 5.41) is 9.51. The van der Waals surface area contributed by atoms with Crippen LogP contribution in [-0.2, 0) is 6.54 Å². The molecule has 3 aromatic heterocycles. The average molecular weight is 445 g/mol. The molecule has 0 saturated heterocycles. The van der Waals surface area contributed by atoms with Crippen LogP contribution in [0.25, 0.3) is 16.9 Å². The molecule has 3 heterocycles. The van der Waals surface area contributed by atoms with E-state index in [1.54, 1.807) is 25.6 Å². The van der Waals surface area contributed by atoms with Crippen LogP contribution in [0.1, 0.15) is 21.6 Å². The highest BCUT2D eigenvalue weighted by atomic mass is 35.5. The second kappa shape index (κ2) is 8.24. The zero-order valence-corrected chi connectivity index (χ0v) is 17.8. The first-order valence-electron chi connectivity index (χ1n) is 9.78. The number of rotatable bonds is 6. The highest BCUT2D eigenvalue weighted by Gasteiger charge is 2.21. The lowest BCUT2D eigenvalue weighted by Crippen LogP contribution is -2.02. The van der Waals surface area contributed by atoms with E-state index in [9.17, 15) is 4.79 Å². The number of fused-ring (bicyclic) bond motifs is 1. The van der Waals surface area contributed by atoms with Crippen LogP contribution < -0.4 is 4.74 Å². The van der Waals surface area contributed by atoms with E-state index in [0.29, 0.717) is 28.8 Å². The lowest BCUT2D eigenvalue weighted by molar-refractivity contribution is 0.103. The fraction of sp³-hybridized carbons (Fsp3) is 0.0870. The number of benzene rings is 2. The molecule has 0 unspecified atom stereocenters. The van der Waals surface area contributed by atoms with Gasteiger partial charge in [0.05, 0.1) is 13.3 Å². The van der Waals surface area contributed by atoms with Gasteiger partial charge in [0.2, 0.25) is 5.78 Å². The second-order valence-electron chi connectivity index (χ2n) is 7.11. The third-order valence-electron chi connectivity index (χ3n) is 5.08. The maximum atomic E-state index is 13.4. The molecule has 2 aromatic carbocycles. The van der Waals surface area contributed by atoms with Crippen molar-refractivity contribution in [3.05, 3.63) is 95.2 Å². The normalized spacial score (nSPS) is 11.1. The zero-order valence-electron chi connectivity index (χ0n) is 17.0. The zero-order chi connectivity index (χ0) is 22.1. The maximum Gasteiger partial charge on any atom is 0.251 e. The van der Waals surface area contributed by atoms with Gasteiger partial charge in [0.1, 0.15) is 5.75 Å². The number of hydrogen-bond acceptors (Lipinski definition) is 6. The molecule has 0 saturated carbocycles. The van der Waals surface area contributed by atoms with E-state index in [-0.39, 0.29) is 11.5 Å². The average Bonchev–Trinajstić information content (AvgIpc) is 3.46. The van der Waals surface area contributed by atoms with E-state index in [1.807, 2.05) is 53.2 Å². The highest BCUT2D eigenvalue weighted by molar-refractivity contribution is 6.30. The summed E-state index contributed by atoms with van der Waals surface area (Å²) in [5.74, 6) is 0.753. The summed E-state index contributed by atoms with van der Waals surface area (Å²) in [6.45, 7) is 0.581. The third kappa shape index (κ3) is 3.72. The topological polar surface area (TPSA) is 87.7 Å². The molecule has 0 amide bonds. The van der Waals surface area contributed by atoms with Gasteiger partial charge < -0.3 is 9.30 Å². The predicted octanol–water partition coefficient (Wildman–Crippen LogP) is 3.95. The third-order valence-corrected chi connectivity index (χ3v) is 5.33. The van der Waals surface area contributed by atoms with Gasteiger partial charge in [-0.15, -0.1) is 5.10 Å². The first kappa shape index (κ1) is 19.9. The molecule has 0 N–H and O–H groups in total. The van der Waals surface area contributed by atoms with E-state index < -0.39 is 0 Å². The van der Waals surface area contributed by atoms with Crippen molar-refractivity contribution in [1.82, 2.24) is 29.5 Å². The van der Waals surface area contributed by atoms with Gasteiger partial charge in [-0.2, -0.15) is 4.68 Å². The first-order chi connectivity index (χ1) is 15.6. The summed E-state index contributed by atoms with van der Waals surface area (Å²) >= 11 is 6.01. The van der Waals surface area contributed by atoms with Gasteiger partial charge in [-0.25, -0.2) is 9.97 Å². The number of ketones is 1. The molecule has 5 aromatic rings. The lowest BCUT2D eigenvalue weighted by Gasteiger charge is -2.06. The molecule has 0 bridgehead atoms. The number of ether oxygens (including phenoxy) is 1. The molecule has 0 fully saturated rings. The molecule has 8 nitrogen and oxygen atoms in total. The molecule has 0 spiro atoms. The number of aromatic nitrogens is 6. The Labute approximate surface area is 188 Å². The molecule has 0 aliphatic rings. The number of hydrogen-bond donors (Lipinski definition) is 0. The van der Waals surface area contributed by atoms with E-state index in [0.717, 1.165) is 16.5 Å². The van der Waals surface area contributed by atoms with Gasteiger partial charge in [-0.1, -0.05) is 28.9 Å². The second-order valence-corrected chi connectivity index (χ2v) is 7.54. The van der Waals surface area contributed by atoms with Crippen LogP contribution >= 0.6 is 11.6 Å². The van der Waals surface area contributed by atoms with Gasteiger partial charge in [-0.05, 0) is 42.0 Å². The Morgan fingerprint density at radius 2 is 1.84 bits per heavy atom. The number of halogens is 1. The van der Waals surface area contributed by atoms with Crippen LogP contribution in [0, 0.1) is 0 Å². The Morgan fingerprint density at radius 3 is 2.59 bits per heavy atom. The van der Waals surface area contributed by atoms with Gasteiger partial charge in [-0.3, -0.25) is 4.79 Å². The van der Waals surface area contributed by atoms with E-state index in [2.05, 4.69) is 20.3 Å². The number of carbonyl (C=O) groups is 1. The first-order valence-corrected chi connectivity index (χ1v) is 10.2. The van der Waals surface area contributed by atoms with Crippen LogP contribution in [0.5, 0.6) is 5.75 Å². The largest absolute Gasteiger partial charge is 0.497 e. The summed E-state index contributed by atoms with van der Waals surface area (Å²) in [4.78, 5) is 21.7. The minimum Gasteiger partial charge on any atom is -0.497 e. The van der Waals surface area contributed by atoms with Crippen molar-refractivity contribution in [2.75, 3.05) is 7.11 Å². The monoisotopic (exact) mass is 444 g/mol. The van der Waals surface area contributed by atoms with Crippen LogP contribution in [0.3, 0.4) is 0 Å². The molecule has 0 radical (unpaired) electrons. The van der Waals surface area contributed by atoms with Crippen LogP contribution in [0.15, 0.2) is 73.3 Å². The van der Waals surface area contributed by atoms with E-state index in [1.165, 1.54) is 10.9 Å². The predicted molar refractivity (Wildman–Crippen MR) is 119 cm³/mol.